The van der Waals surface area contributed by atoms with E-state index in [2.05, 4.69) is 26.1 Å². The molecule has 1 unspecified atom stereocenters. The second-order valence-corrected chi connectivity index (χ2v) is 12.7. The molecule has 3 aliphatic carbocycles. The van der Waals surface area contributed by atoms with Crippen LogP contribution in [0.15, 0.2) is 12.2 Å². The third-order valence-corrected chi connectivity index (χ3v) is 8.23. The minimum atomic E-state index is -0.480. The number of esters is 1. The lowest BCUT2D eigenvalue weighted by molar-refractivity contribution is -0.199. The summed E-state index contributed by atoms with van der Waals surface area (Å²) >= 11 is 1.50. The van der Waals surface area contributed by atoms with E-state index in [0.717, 1.165) is 6.42 Å². The van der Waals surface area contributed by atoms with Crippen LogP contribution in [-0.2, 0) is 23.6 Å². The van der Waals surface area contributed by atoms with Gasteiger partial charge in [0.1, 0.15) is 5.60 Å². The summed E-state index contributed by atoms with van der Waals surface area (Å²) in [6, 6.07) is 0. The third kappa shape index (κ3) is 5.99. The second-order valence-electron chi connectivity index (χ2n) is 11.9. The first-order chi connectivity index (χ1) is 15.3. The molecule has 1 saturated heterocycles. The summed E-state index contributed by atoms with van der Waals surface area (Å²) in [6.07, 6.45) is 9.17. The van der Waals surface area contributed by atoms with Crippen LogP contribution in [0.25, 0.3) is 0 Å². The third-order valence-electron chi connectivity index (χ3n) is 7.68. The summed E-state index contributed by atoms with van der Waals surface area (Å²) in [4.78, 5) is 24.5. The monoisotopic (exact) mass is 479 g/mol. The number of amides is 1. The minimum Gasteiger partial charge on any atom is -0.460 e. The van der Waals surface area contributed by atoms with Crippen molar-refractivity contribution in [2.24, 2.45) is 23.2 Å². The van der Waals surface area contributed by atoms with Gasteiger partial charge in [-0.25, -0.2) is 0 Å². The Balaban J connectivity index is 1.63. The summed E-state index contributed by atoms with van der Waals surface area (Å²) in [5.74, 6) is 1.12. The lowest BCUT2D eigenvalue weighted by Gasteiger charge is -2.64. The molecule has 0 spiro atoms. The largest absolute Gasteiger partial charge is 0.482 e. The predicted octanol–water partition coefficient (Wildman–Crippen LogP) is 4.42. The highest BCUT2D eigenvalue weighted by molar-refractivity contribution is 7.99. The molecule has 0 aromatic heterocycles. The molecule has 186 valence electrons. The highest BCUT2D eigenvalue weighted by atomic mass is 32.2. The molecule has 2 bridgehead atoms. The number of hydrogen-bond donors (Lipinski definition) is 1. The fourth-order valence-corrected chi connectivity index (χ4v) is 6.21. The van der Waals surface area contributed by atoms with Gasteiger partial charge in [0.25, 0.3) is 0 Å². The van der Waals surface area contributed by atoms with Gasteiger partial charge in [-0.3, -0.25) is 9.59 Å². The van der Waals surface area contributed by atoms with E-state index in [1.165, 1.54) is 18.2 Å². The molecule has 0 radical (unpaired) electrons. The molecule has 6 atom stereocenters. The number of rotatable bonds is 9. The maximum Gasteiger partial charge on any atom is 0.482 e. The van der Waals surface area contributed by atoms with Crippen molar-refractivity contribution in [2.75, 3.05) is 12.0 Å². The molecule has 4 aliphatic rings. The first-order valence-corrected chi connectivity index (χ1v) is 13.7. The zero-order valence-corrected chi connectivity index (χ0v) is 22.4. The smallest absolute Gasteiger partial charge is 0.460 e. The van der Waals surface area contributed by atoms with Crippen molar-refractivity contribution in [1.29, 1.82) is 0 Å². The molecule has 4 rings (SSSR count). The molecule has 3 saturated carbocycles. The minimum absolute atomic E-state index is 0.0143. The quantitative estimate of drug-likeness (QED) is 0.300. The normalized spacial score (nSPS) is 32.1. The summed E-state index contributed by atoms with van der Waals surface area (Å²) in [5, 5.41) is 3.13. The van der Waals surface area contributed by atoms with Crippen LogP contribution in [0.4, 0.5) is 0 Å². The lowest BCUT2D eigenvalue weighted by atomic mass is 9.43. The van der Waals surface area contributed by atoms with Crippen molar-refractivity contribution in [3.8, 4) is 0 Å². The van der Waals surface area contributed by atoms with E-state index >= 15 is 0 Å². The molecule has 8 heteroatoms. The molecule has 0 aromatic rings. The van der Waals surface area contributed by atoms with Gasteiger partial charge in [-0.15, -0.1) is 0 Å². The van der Waals surface area contributed by atoms with Crippen molar-refractivity contribution in [3.63, 3.8) is 0 Å². The number of thioether (sulfide) groups is 1. The SMILES string of the molecule is CSCC(=O)N[C@@H](C/C=C\[C@@H](C)CC(=O)OC(C)(C)C)B1OC2C[C@@H]3C[C@@H](C3(C)C)[C@]2(C)O1. The molecule has 6 nitrogen and oxygen atoms in total. The van der Waals surface area contributed by atoms with Gasteiger partial charge in [-0.05, 0) is 76.4 Å². The summed E-state index contributed by atoms with van der Waals surface area (Å²) in [7, 11) is -0.466. The van der Waals surface area contributed by atoms with E-state index < -0.39 is 12.7 Å². The molecular formula is C25H42BNO5S. The van der Waals surface area contributed by atoms with Crippen LogP contribution < -0.4 is 5.32 Å². The van der Waals surface area contributed by atoms with Crippen molar-refractivity contribution < 1.29 is 23.6 Å². The van der Waals surface area contributed by atoms with E-state index in [1.807, 2.05) is 46.1 Å². The Morgan fingerprint density at radius 1 is 1.27 bits per heavy atom. The zero-order valence-electron chi connectivity index (χ0n) is 21.6. The van der Waals surface area contributed by atoms with E-state index in [1.54, 1.807) is 0 Å². The van der Waals surface area contributed by atoms with Crippen molar-refractivity contribution in [2.45, 2.75) is 97.4 Å². The molecule has 1 N–H and O–H groups in total. The lowest BCUT2D eigenvalue weighted by Crippen LogP contribution is -2.65. The van der Waals surface area contributed by atoms with Crippen molar-refractivity contribution >= 4 is 30.8 Å². The van der Waals surface area contributed by atoms with Crippen molar-refractivity contribution in [1.82, 2.24) is 5.32 Å². The Morgan fingerprint density at radius 3 is 2.58 bits per heavy atom. The van der Waals surface area contributed by atoms with Gasteiger partial charge >= 0.3 is 13.1 Å². The van der Waals surface area contributed by atoms with Gasteiger partial charge < -0.3 is 19.4 Å². The van der Waals surface area contributed by atoms with Crippen LogP contribution in [0.1, 0.15) is 74.1 Å². The van der Waals surface area contributed by atoms with Gasteiger partial charge in [0.05, 0.1) is 29.8 Å². The topological polar surface area (TPSA) is 73.9 Å². The Hall–Kier alpha value is -0.985. The average Bonchev–Trinajstić information content (AvgIpc) is 3.02. The van der Waals surface area contributed by atoms with E-state index in [-0.39, 0.29) is 40.9 Å². The first-order valence-electron chi connectivity index (χ1n) is 12.3. The van der Waals surface area contributed by atoms with Gasteiger partial charge in [0, 0.05) is 0 Å². The molecule has 1 aliphatic heterocycles. The summed E-state index contributed by atoms with van der Waals surface area (Å²) in [6.45, 7) is 14.5. The molecule has 1 amide bonds. The van der Waals surface area contributed by atoms with Crippen LogP contribution in [0.5, 0.6) is 0 Å². The Kier molecular flexibility index (Phi) is 8.02. The molecule has 1 heterocycles. The highest BCUT2D eigenvalue weighted by Crippen LogP contribution is 2.65. The molecule has 33 heavy (non-hydrogen) atoms. The van der Waals surface area contributed by atoms with E-state index in [9.17, 15) is 9.59 Å². The second kappa shape index (κ2) is 9.94. The van der Waals surface area contributed by atoms with E-state index in [0.29, 0.717) is 30.4 Å². The highest BCUT2D eigenvalue weighted by Gasteiger charge is 2.68. The number of carbonyl (C=O) groups is 2. The Bertz CT molecular complexity index is 766. The van der Waals surface area contributed by atoms with Gasteiger partial charge in [0.15, 0.2) is 0 Å². The fourth-order valence-electron chi connectivity index (χ4n) is 5.86. The van der Waals surface area contributed by atoms with Gasteiger partial charge in [-0.1, -0.05) is 32.9 Å². The van der Waals surface area contributed by atoms with Crippen LogP contribution in [-0.4, -0.2) is 54.3 Å². The van der Waals surface area contributed by atoms with Crippen LogP contribution in [0.3, 0.4) is 0 Å². The first kappa shape index (κ1) is 26.6. The predicted molar refractivity (Wildman–Crippen MR) is 134 cm³/mol. The summed E-state index contributed by atoms with van der Waals surface area (Å²) < 4.78 is 18.5. The number of nitrogens with one attached hydrogen (secondary N) is 1. The fraction of sp³-hybridized carbons (Fsp3) is 0.840. The number of ether oxygens (including phenoxy) is 1. The van der Waals surface area contributed by atoms with Crippen molar-refractivity contribution in [3.05, 3.63) is 12.2 Å². The molecular weight excluding hydrogens is 437 g/mol. The number of carbonyl (C=O) groups excluding carboxylic acids is 2. The molecule has 4 fully saturated rings. The standard InChI is InChI=1S/C25H42BNO5S/c1-16(12-22(29)30-23(2,3)4)10-9-11-20(27-21(28)15-33-8)26-31-19-14-17-13-18(24(17,5)6)25(19,7)32-26/h9-10,16-20H,11-15H2,1-8H3,(H,27,28)/b10-9-/t16-,17+,18+,19?,20+,25+/m1/s1. The van der Waals surface area contributed by atoms with Crippen LogP contribution in [0.2, 0.25) is 0 Å². The Morgan fingerprint density at radius 2 is 1.97 bits per heavy atom. The summed E-state index contributed by atoms with van der Waals surface area (Å²) in [5.41, 5.74) is -0.510. The van der Waals surface area contributed by atoms with Crippen LogP contribution in [0, 0.1) is 23.2 Å². The van der Waals surface area contributed by atoms with Gasteiger partial charge in [-0.2, -0.15) is 11.8 Å². The van der Waals surface area contributed by atoms with Gasteiger partial charge in [0.2, 0.25) is 5.91 Å². The Labute approximate surface area is 204 Å². The maximum atomic E-state index is 12.4. The van der Waals surface area contributed by atoms with E-state index in [4.69, 9.17) is 14.0 Å². The van der Waals surface area contributed by atoms with Crippen LogP contribution >= 0.6 is 11.8 Å². The maximum absolute atomic E-state index is 12.4. The average molecular weight is 479 g/mol. The number of hydrogen-bond acceptors (Lipinski definition) is 6. The molecule has 0 aromatic carbocycles. The zero-order chi connectivity index (χ0) is 24.6. The number of allylic oxidation sites excluding steroid dienone is 1.